The van der Waals surface area contributed by atoms with Gasteiger partial charge in [-0.15, -0.1) is 0 Å². The third-order valence-corrected chi connectivity index (χ3v) is 6.13. The second kappa shape index (κ2) is 8.59. The lowest BCUT2D eigenvalue weighted by Crippen LogP contribution is -2.49. The van der Waals surface area contributed by atoms with E-state index in [-0.39, 0.29) is 12.5 Å². The van der Waals surface area contributed by atoms with E-state index in [2.05, 4.69) is 46.2 Å². The fraction of sp³-hybridized carbons (Fsp3) is 0.320. The first-order valence-corrected chi connectivity index (χ1v) is 11.0. The molecule has 0 bridgehead atoms. The monoisotopic (exact) mass is 429 g/mol. The normalized spacial score (nSPS) is 14.9. The zero-order valence-electron chi connectivity index (χ0n) is 18.5. The highest BCUT2D eigenvalue weighted by atomic mass is 16.3. The molecule has 32 heavy (non-hydrogen) atoms. The highest BCUT2D eigenvalue weighted by Gasteiger charge is 2.23. The van der Waals surface area contributed by atoms with Crippen LogP contribution < -0.4 is 0 Å². The fourth-order valence-electron chi connectivity index (χ4n) is 4.36. The maximum absolute atomic E-state index is 13.0. The Morgan fingerprint density at radius 3 is 2.53 bits per heavy atom. The molecule has 7 heteroatoms. The minimum atomic E-state index is 0.0783. The van der Waals surface area contributed by atoms with Crippen molar-refractivity contribution in [2.75, 3.05) is 26.2 Å². The Labute approximate surface area is 187 Å². The minimum absolute atomic E-state index is 0.0783. The van der Waals surface area contributed by atoms with Gasteiger partial charge in [0.05, 0.1) is 17.3 Å². The summed E-state index contributed by atoms with van der Waals surface area (Å²) < 4.78 is 7.30. The molecule has 1 aromatic carbocycles. The predicted molar refractivity (Wildman–Crippen MR) is 123 cm³/mol. The van der Waals surface area contributed by atoms with Gasteiger partial charge in [-0.2, -0.15) is 5.10 Å². The molecule has 0 N–H and O–H groups in total. The van der Waals surface area contributed by atoms with Crippen LogP contribution >= 0.6 is 0 Å². The summed E-state index contributed by atoms with van der Waals surface area (Å²) in [4.78, 5) is 21.9. The summed E-state index contributed by atoms with van der Waals surface area (Å²) in [5.74, 6) is 0.852. The van der Waals surface area contributed by atoms with Crippen LogP contribution in [-0.2, 0) is 17.9 Å². The number of hydrogen-bond acceptors (Lipinski definition) is 5. The fourth-order valence-corrected chi connectivity index (χ4v) is 4.36. The molecule has 164 valence electrons. The maximum atomic E-state index is 13.0. The number of nitrogens with zero attached hydrogens (tertiary/aromatic N) is 5. The van der Waals surface area contributed by atoms with Gasteiger partial charge in [0.25, 0.3) is 0 Å². The molecular formula is C25H27N5O2. The van der Waals surface area contributed by atoms with E-state index in [1.807, 2.05) is 30.0 Å². The van der Waals surface area contributed by atoms with Crippen LogP contribution in [0.5, 0.6) is 0 Å². The Bertz CT molecular complexity index is 1220. The number of piperazine rings is 1. The molecule has 5 rings (SSSR count). The third kappa shape index (κ3) is 4.03. The summed E-state index contributed by atoms with van der Waals surface area (Å²) in [6.07, 6.45) is 3.40. The van der Waals surface area contributed by atoms with Crippen molar-refractivity contribution in [1.29, 1.82) is 0 Å². The van der Waals surface area contributed by atoms with E-state index in [0.29, 0.717) is 5.65 Å². The summed E-state index contributed by atoms with van der Waals surface area (Å²) >= 11 is 0. The van der Waals surface area contributed by atoms with Crippen LogP contribution in [0.4, 0.5) is 0 Å². The molecule has 1 amide bonds. The van der Waals surface area contributed by atoms with Crippen molar-refractivity contribution in [2.45, 2.75) is 26.9 Å². The molecule has 0 radical (unpaired) electrons. The second-order valence-electron chi connectivity index (χ2n) is 8.42. The SMILES string of the molecule is Cc1ccc(CN2CCN(C(=O)Cn3nc(C)c4c(-c5ccco5)ccnc43)CC2)cc1. The summed E-state index contributed by atoms with van der Waals surface area (Å²) in [5.41, 5.74) is 5.09. The molecule has 0 spiro atoms. The van der Waals surface area contributed by atoms with Crippen LogP contribution in [0, 0.1) is 13.8 Å². The van der Waals surface area contributed by atoms with E-state index in [0.717, 1.165) is 55.1 Å². The van der Waals surface area contributed by atoms with Crippen molar-refractivity contribution < 1.29 is 9.21 Å². The van der Waals surface area contributed by atoms with Crippen molar-refractivity contribution >= 4 is 16.9 Å². The molecule has 1 fully saturated rings. The molecule has 0 aliphatic carbocycles. The van der Waals surface area contributed by atoms with Crippen LogP contribution in [0.3, 0.4) is 0 Å². The average Bonchev–Trinajstić information content (AvgIpc) is 3.45. The van der Waals surface area contributed by atoms with Crippen molar-refractivity contribution in [2.24, 2.45) is 0 Å². The Kier molecular flexibility index (Phi) is 5.49. The van der Waals surface area contributed by atoms with Gasteiger partial charge in [0.1, 0.15) is 12.3 Å². The molecule has 1 aliphatic rings. The number of aryl methyl sites for hydroxylation is 2. The van der Waals surface area contributed by atoms with E-state index in [1.54, 1.807) is 17.1 Å². The molecule has 0 atom stereocenters. The molecule has 4 aromatic rings. The quantitative estimate of drug-likeness (QED) is 0.484. The number of fused-ring (bicyclic) bond motifs is 1. The molecule has 1 aliphatic heterocycles. The van der Waals surface area contributed by atoms with Gasteiger partial charge < -0.3 is 9.32 Å². The van der Waals surface area contributed by atoms with Gasteiger partial charge in [0, 0.05) is 44.5 Å². The van der Waals surface area contributed by atoms with Crippen LogP contribution in [0.2, 0.25) is 0 Å². The van der Waals surface area contributed by atoms with Crippen molar-refractivity contribution in [3.05, 3.63) is 71.7 Å². The van der Waals surface area contributed by atoms with Gasteiger partial charge in [0.2, 0.25) is 5.91 Å². The number of hydrogen-bond donors (Lipinski definition) is 0. The van der Waals surface area contributed by atoms with Crippen molar-refractivity contribution in [1.82, 2.24) is 24.6 Å². The number of amides is 1. The van der Waals surface area contributed by atoms with Crippen molar-refractivity contribution in [3.8, 4) is 11.3 Å². The molecule has 1 saturated heterocycles. The minimum Gasteiger partial charge on any atom is -0.464 e. The van der Waals surface area contributed by atoms with Gasteiger partial charge in [0.15, 0.2) is 5.65 Å². The maximum Gasteiger partial charge on any atom is 0.244 e. The third-order valence-electron chi connectivity index (χ3n) is 6.13. The van der Waals surface area contributed by atoms with E-state index >= 15 is 0 Å². The largest absolute Gasteiger partial charge is 0.464 e. The summed E-state index contributed by atoms with van der Waals surface area (Å²) in [6, 6.07) is 14.4. The number of carbonyl (C=O) groups excluding carboxylic acids is 1. The Balaban J connectivity index is 1.26. The first-order chi connectivity index (χ1) is 15.6. The molecular weight excluding hydrogens is 402 g/mol. The number of benzene rings is 1. The zero-order chi connectivity index (χ0) is 22.1. The standard InChI is InChI=1S/C25H27N5O2/c1-18-5-7-20(8-6-18)16-28-11-13-29(14-12-28)23(31)17-30-25-24(19(2)27-30)21(9-10-26-25)22-4-3-15-32-22/h3-10,15H,11-14,16-17H2,1-2H3. The highest BCUT2D eigenvalue weighted by Crippen LogP contribution is 2.30. The van der Waals surface area contributed by atoms with E-state index in [4.69, 9.17) is 4.42 Å². The van der Waals surface area contributed by atoms with Gasteiger partial charge >= 0.3 is 0 Å². The van der Waals surface area contributed by atoms with E-state index in [9.17, 15) is 4.79 Å². The Hall–Kier alpha value is -3.45. The van der Waals surface area contributed by atoms with Gasteiger partial charge in [-0.1, -0.05) is 29.8 Å². The smallest absolute Gasteiger partial charge is 0.244 e. The van der Waals surface area contributed by atoms with Gasteiger partial charge in [-0.05, 0) is 37.6 Å². The highest BCUT2D eigenvalue weighted by molar-refractivity contribution is 5.93. The number of rotatable bonds is 5. The first kappa shape index (κ1) is 20.5. The van der Waals surface area contributed by atoms with Crippen LogP contribution in [0.15, 0.2) is 59.3 Å². The summed E-state index contributed by atoms with van der Waals surface area (Å²) in [5, 5.41) is 5.56. The molecule has 4 heterocycles. The number of carbonyl (C=O) groups is 1. The van der Waals surface area contributed by atoms with Gasteiger partial charge in [-0.3, -0.25) is 9.69 Å². The predicted octanol–water partition coefficient (Wildman–Crippen LogP) is 3.65. The summed E-state index contributed by atoms with van der Waals surface area (Å²) in [7, 11) is 0. The van der Waals surface area contributed by atoms with Gasteiger partial charge in [-0.25, -0.2) is 9.67 Å². The molecule has 0 saturated carbocycles. The molecule has 0 unspecified atom stereocenters. The first-order valence-electron chi connectivity index (χ1n) is 11.0. The van der Waals surface area contributed by atoms with E-state index in [1.165, 1.54) is 11.1 Å². The van der Waals surface area contributed by atoms with Crippen LogP contribution in [-0.4, -0.2) is 56.7 Å². The zero-order valence-corrected chi connectivity index (χ0v) is 18.5. The Morgan fingerprint density at radius 1 is 1.03 bits per heavy atom. The topological polar surface area (TPSA) is 67.4 Å². The Morgan fingerprint density at radius 2 is 1.81 bits per heavy atom. The van der Waals surface area contributed by atoms with Crippen LogP contribution in [0.1, 0.15) is 16.8 Å². The second-order valence-corrected chi connectivity index (χ2v) is 8.42. The van der Waals surface area contributed by atoms with Crippen LogP contribution in [0.25, 0.3) is 22.4 Å². The lowest BCUT2D eigenvalue weighted by atomic mass is 10.1. The van der Waals surface area contributed by atoms with E-state index < -0.39 is 0 Å². The molecule has 7 nitrogen and oxygen atoms in total. The average molecular weight is 430 g/mol. The molecule has 3 aromatic heterocycles. The van der Waals surface area contributed by atoms with Crippen molar-refractivity contribution in [3.63, 3.8) is 0 Å². The number of pyridine rings is 1. The lowest BCUT2D eigenvalue weighted by Gasteiger charge is -2.34. The summed E-state index contributed by atoms with van der Waals surface area (Å²) in [6.45, 7) is 8.37. The lowest BCUT2D eigenvalue weighted by molar-refractivity contribution is -0.133. The number of furan rings is 1. The number of aromatic nitrogens is 3.